The van der Waals surface area contributed by atoms with E-state index in [2.05, 4.69) is 5.10 Å². The zero-order chi connectivity index (χ0) is 10.2. The first-order valence-corrected chi connectivity index (χ1v) is 3.93. The van der Waals surface area contributed by atoms with Crippen molar-refractivity contribution in [2.45, 2.75) is 25.8 Å². The largest absolute Gasteiger partial charge is 0.316 e. The quantitative estimate of drug-likeness (QED) is 0.758. The third-order valence-electron chi connectivity index (χ3n) is 1.98. The fraction of sp³-hybridized carbons (Fsp3) is 0.625. The van der Waals surface area contributed by atoms with Crippen LogP contribution in [0.1, 0.15) is 18.2 Å². The van der Waals surface area contributed by atoms with Crippen LogP contribution in [0.3, 0.4) is 0 Å². The predicted molar refractivity (Wildman–Crippen MR) is 45.5 cm³/mol. The fourth-order valence-corrected chi connectivity index (χ4v) is 1.24. The molecular formula is C8H13F2N3. The molecule has 1 aromatic rings. The lowest BCUT2D eigenvalue weighted by atomic mass is 9.97. The fourth-order valence-electron chi connectivity index (χ4n) is 1.24. The van der Waals surface area contributed by atoms with Gasteiger partial charge in [0.25, 0.3) is 6.43 Å². The molecule has 1 unspecified atom stereocenters. The normalized spacial score (nSPS) is 16.2. The van der Waals surface area contributed by atoms with Gasteiger partial charge in [0.15, 0.2) is 0 Å². The molecule has 0 bridgehead atoms. The molecule has 5 heteroatoms. The SMILES string of the molecule is Cc1cn(C)nc1C(C)(N)C(F)F. The summed E-state index contributed by atoms with van der Waals surface area (Å²) in [5.41, 5.74) is 4.75. The van der Waals surface area contributed by atoms with Gasteiger partial charge in [-0.3, -0.25) is 4.68 Å². The van der Waals surface area contributed by atoms with Crippen molar-refractivity contribution in [3.8, 4) is 0 Å². The maximum absolute atomic E-state index is 12.5. The molecule has 0 radical (unpaired) electrons. The number of nitrogens with two attached hydrogens (primary N) is 1. The van der Waals surface area contributed by atoms with Gasteiger partial charge in [-0.05, 0) is 19.4 Å². The number of halogens is 2. The molecule has 3 nitrogen and oxygen atoms in total. The topological polar surface area (TPSA) is 43.8 Å². The number of rotatable bonds is 2. The van der Waals surface area contributed by atoms with E-state index in [9.17, 15) is 8.78 Å². The van der Waals surface area contributed by atoms with Gasteiger partial charge < -0.3 is 5.73 Å². The average molecular weight is 189 g/mol. The van der Waals surface area contributed by atoms with E-state index in [4.69, 9.17) is 5.73 Å². The molecule has 1 rings (SSSR count). The Bertz CT molecular complexity index is 304. The van der Waals surface area contributed by atoms with E-state index in [-0.39, 0.29) is 5.69 Å². The number of hydrogen-bond acceptors (Lipinski definition) is 2. The third kappa shape index (κ3) is 1.70. The van der Waals surface area contributed by atoms with Gasteiger partial charge in [0.1, 0.15) is 5.54 Å². The molecule has 1 atom stereocenters. The molecule has 0 spiro atoms. The number of nitrogens with zero attached hydrogens (tertiary/aromatic N) is 2. The Kier molecular flexibility index (Phi) is 2.38. The second-order valence-corrected chi connectivity index (χ2v) is 3.42. The standard InChI is InChI=1S/C8H13F2N3/c1-5-4-13(3)12-6(5)8(2,11)7(9)10/h4,7H,11H2,1-3H3. The van der Waals surface area contributed by atoms with Gasteiger partial charge in [0.05, 0.1) is 5.69 Å². The van der Waals surface area contributed by atoms with Crippen molar-refractivity contribution < 1.29 is 8.78 Å². The summed E-state index contributed by atoms with van der Waals surface area (Å²) >= 11 is 0. The van der Waals surface area contributed by atoms with E-state index >= 15 is 0 Å². The average Bonchev–Trinajstić information content (AvgIpc) is 2.30. The molecule has 1 aromatic heterocycles. The maximum atomic E-state index is 12.5. The maximum Gasteiger partial charge on any atom is 0.261 e. The highest BCUT2D eigenvalue weighted by Gasteiger charge is 2.36. The smallest absolute Gasteiger partial charge is 0.261 e. The highest BCUT2D eigenvalue weighted by Crippen LogP contribution is 2.25. The molecule has 0 amide bonds. The van der Waals surface area contributed by atoms with Crippen molar-refractivity contribution >= 4 is 0 Å². The summed E-state index contributed by atoms with van der Waals surface area (Å²) in [7, 11) is 1.68. The minimum atomic E-state index is -2.61. The summed E-state index contributed by atoms with van der Waals surface area (Å²) in [6.45, 7) is 3.00. The monoisotopic (exact) mass is 189 g/mol. The van der Waals surface area contributed by atoms with Crippen LogP contribution in [0.25, 0.3) is 0 Å². The van der Waals surface area contributed by atoms with Gasteiger partial charge in [-0.25, -0.2) is 8.78 Å². The summed E-state index contributed by atoms with van der Waals surface area (Å²) in [6.07, 6.45) is -0.941. The van der Waals surface area contributed by atoms with Crippen molar-refractivity contribution in [1.82, 2.24) is 9.78 Å². The minimum absolute atomic E-state index is 0.255. The molecule has 13 heavy (non-hydrogen) atoms. The van der Waals surface area contributed by atoms with Gasteiger partial charge in [-0.15, -0.1) is 0 Å². The Hall–Kier alpha value is -0.970. The zero-order valence-corrected chi connectivity index (χ0v) is 7.88. The summed E-state index contributed by atoms with van der Waals surface area (Å²) in [5, 5.41) is 3.91. The first-order valence-electron chi connectivity index (χ1n) is 3.93. The van der Waals surface area contributed by atoms with Crippen LogP contribution in [0, 0.1) is 6.92 Å². The van der Waals surface area contributed by atoms with Gasteiger partial charge in [-0.2, -0.15) is 5.10 Å². The van der Waals surface area contributed by atoms with Gasteiger partial charge in [0.2, 0.25) is 0 Å². The molecule has 0 aliphatic carbocycles. The zero-order valence-electron chi connectivity index (χ0n) is 7.88. The molecule has 2 N–H and O–H groups in total. The highest BCUT2D eigenvalue weighted by molar-refractivity contribution is 5.23. The number of hydrogen-bond donors (Lipinski definition) is 1. The van der Waals surface area contributed by atoms with E-state index in [0.29, 0.717) is 5.56 Å². The Labute approximate surface area is 75.5 Å². The third-order valence-corrected chi connectivity index (χ3v) is 1.98. The lowest BCUT2D eigenvalue weighted by Crippen LogP contribution is -2.41. The predicted octanol–water partition coefficient (Wildman–Crippen LogP) is 1.17. The van der Waals surface area contributed by atoms with Crippen LogP contribution in [-0.2, 0) is 12.6 Å². The van der Waals surface area contributed by atoms with Gasteiger partial charge >= 0.3 is 0 Å². The molecule has 74 valence electrons. The number of alkyl halides is 2. The van der Waals surface area contributed by atoms with Crippen LogP contribution < -0.4 is 5.73 Å². The van der Waals surface area contributed by atoms with Crippen molar-refractivity contribution in [3.63, 3.8) is 0 Å². The van der Waals surface area contributed by atoms with Crippen molar-refractivity contribution in [3.05, 3.63) is 17.5 Å². The Morgan fingerprint density at radius 3 is 2.46 bits per heavy atom. The number of aromatic nitrogens is 2. The molecule has 0 saturated heterocycles. The molecular weight excluding hydrogens is 176 g/mol. The number of aryl methyl sites for hydroxylation is 2. The lowest BCUT2D eigenvalue weighted by Gasteiger charge is -2.21. The molecule has 0 saturated carbocycles. The van der Waals surface area contributed by atoms with Crippen molar-refractivity contribution in [2.24, 2.45) is 12.8 Å². The summed E-state index contributed by atoms with van der Waals surface area (Å²) < 4.78 is 26.5. The summed E-state index contributed by atoms with van der Waals surface area (Å²) in [6, 6.07) is 0. The first kappa shape index (κ1) is 10.1. The molecule has 0 fully saturated rings. The van der Waals surface area contributed by atoms with Crippen LogP contribution in [0.15, 0.2) is 6.20 Å². The van der Waals surface area contributed by atoms with E-state index in [1.54, 1.807) is 20.2 Å². The Balaban J connectivity index is 3.13. The highest BCUT2D eigenvalue weighted by atomic mass is 19.3. The van der Waals surface area contributed by atoms with Crippen molar-refractivity contribution in [1.29, 1.82) is 0 Å². The van der Waals surface area contributed by atoms with Gasteiger partial charge in [0, 0.05) is 13.2 Å². The second kappa shape index (κ2) is 3.06. The minimum Gasteiger partial charge on any atom is -0.316 e. The van der Waals surface area contributed by atoms with Crippen molar-refractivity contribution in [2.75, 3.05) is 0 Å². The van der Waals surface area contributed by atoms with Crippen LogP contribution >= 0.6 is 0 Å². The van der Waals surface area contributed by atoms with Crippen LogP contribution in [0.2, 0.25) is 0 Å². The Morgan fingerprint density at radius 2 is 2.15 bits per heavy atom. The van der Waals surface area contributed by atoms with E-state index in [1.807, 2.05) is 0 Å². The first-order chi connectivity index (χ1) is 5.85. The summed E-state index contributed by atoms with van der Waals surface area (Å²) in [4.78, 5) is 0. The second-order valence-electron chi connectivity index (χ2n) is 3.42. The van der Waals surface area contributed by atoms with E-state index < -0.39 is 12.0 Å². The Morgan fingerprint density at radius 1 is 1.62 bits per heavy atom. The molecule has 0 aromatic carbocycles. The van der Waals surface area contributed by atoms with Crippen LogP contribution in [0.5, 0.6) is 0 Å². The van der Waals surface area contributed by atoms with E-state index in [1.165, 1.54) is 11.6 Å². The lowest BCUT2D eigenvalue weighted by molar-refractivity contribution is 0.0595. The molecule has 1 heterocycles. The summed E-state index contributed by atoms with van der Waals surface area (Å²) in [5.74, 6) is 0. The van der Waals surface area contributed by atoms with Crippen LogP contribution in [-0.4, -0.2) is 16.2 Å². The van der Waals surface area contributed by atoms with E-state index in [0.717, 1.165) is 0 Å². The molecule has 0 aliphatic heterocycles. The van der Waals surface area contributed by atoms with Crippen LogP contribution in [0.4, 0.5) is 8.78 Å². The molecule has 0 aliphatic rings. The van der Waals surface area contributed by atoms with Gasteiger partial charge in [-0.1, -0.05) is 0 Å².